The van der Waals surface area contributed by atoms with Gasteiger partial charge in [-0.15, -0.1) is 0 Å². The molecule has 0 spiro atoms. The zero-order chi connectivity index (χ0) is 16.0. The van der Waals surface area contributed by atoms with Gasteiger partial charge >= 0.3 is 6.09 Å². The van der Waals surface area contributed by atoms with Crippen molar-refractivity contribution < 1.29 is 19.0 Å². The summed E-state index contributed by atoms with van der Waals surface area (Å²) in [5.74, 6) is 1.59. The molecule has 6 heteroatoms. The first-order valence-electron chi connectivity index (χ1n) is 7.50. The zero-order valence-electron chi connectivity index (χ0n) is 13.4. The summed E-state index contributed by atoms with van der Waals surface area (Å²) in [5, 5.41) is 6.06. The molecule has 1 aromatic rings. The van der Waals surface area contributed by atoms with Gasteiger partial charge in [0.05, 0.1) is 0 Å². The van der Waals surface area contributed by atoms with Crippen LogP contribution in [-0.4, -0.2) is 31.6 Å². The minimum absolute atomic E-state index is 0.294. The normalized spacial score (nSPS) is 13.0. The summed E-state index contributed by atoms with van der Waals surface area (Å²) in [7, 11) is 0. The van der Waals surface area contributed by atoms with Crippen LogP contribution < -0.4 is 20.1 Å². The number of carbonyl (C=O) groups is 1. The maximum Gasteiger partial charge on any atom is 0.407 e. The van der Waals surface area contributed by atoms with Crippen molar-refractivity contribution in [1.29, 1.82) is 0 Å². The monoisotopic (exact) mass is 308 g/mol. The highest BCUT2D eigenvalue weighted by atomic mass is 16.7. The highest BCUT2D eigenvalue weighted by Gasteiger charge is 2.15. The van der Waals surface area contributed by atoms with Crippen LogP contribution in [0.2, 0.25) is 0 Å². The van der Waals surface area contributed by atoms with Gasteiger partial charge in [-0.3, -0.25) is 0 Å². The molecule has 1 amide bonds. The molecular formula is C16H24N2O4. The van der Waals surface area contributed by atoms with Crippen molar-refractivity contribution in [3.05, 3.63) is 23.8 Å². The Kier molecular flexibility index (Phi) is 5.49. The molecule has 0 saturated carbocycles. The number of alkyl carbamates (subject to hydrolysis) is 1. The summed E-state index contributed by atoms with van der Waals surface area (Å²) >= 11 is 0. The number of hydrogen-bond donors (Lipinski definition) is 2. The molecule has 22 heavy (non-hydrogen) atoms. The maximum absolute atomic E-state index is 11.4. The molecule has 0 atom stereocenters. The predicted molar refractivity (Wildman–Crippen MR) is 83.1 cm³/mol. The van der Waals surface area contributed by atoms with Crippen molar-refractivity contribution in [3.8, 4) is 11.5 Å². The van der Waals surface area contributed by atoms with Gasteiger partial charge in [0.15, 0.2) is 11.5 Å². The van der Waals surface area contributed by atoms with Gasteiger partial charge in [0.2, 0.25) is 6.79 Å². The zero-order valence-corrected chi connectivity index (χ0v) is 13.4. The lowest BCUT2D eigenvalue weighted by Gasteiger charge is -2.19. The van der Waals surface area contributed by atoms with Crippen LogP contribution in [-0.2, 0) is 11.3 Å². The summed E-state index contributed by atoms with van der Waals surface area (Å²) in [6.07, 6.45) is 0.465. The molecule has 0 saturated heterocycles. The number of amides is 1. The van der Waals surface area contributed by atoms with Gasteiger partial charge in [0, 0.05) is 13.1 Å². The highest BCUT2D eigenvalue weighted by molar-refractivity contribution is 5.67. The van der Waals surface area contributed by atoms with Crippen LogP contribution in [0.25, 0.3) is 0 Å². The molecule has 6 nitrogen and oxygen atoms in total. The van der Waals surface area contributed by atoms with Gasteiger partial charge in [-0.1, -0.05) is 6.07 Å². The minimum atomic E-state index is -0.457. The van der Waals surface area contributed by atoms with Gasteiger partial charge < -0.3 is 24.8 Å². The van der Waals surface area contributed by atoms with Crippen LogP contribution in [0.5, 0.6) is 11.5 Å². The topological polar surface area (TPSA) is 68.8 Å². The summed E-state index contributed by atoms with van der Waals surface area (Å²) in [4.78, 5) is 11.4. The fourth-order valence-corrected chi connectivity index (χ4v) is 2.00. The first-order valence-corrected chi connectivity index (χ1v) is 7.50. The van der Waals surface area contributed by atoms with Crippen molar-refractivity contribution in [1.82, 2.24) is 10.6 Å². The molecular weight excluding hydrogens is 284 g/mol. The standard InChI is InChI=1S/C16H24N2O4/c1-16(2,3)22-15(19)18-8-4-7-17-10-12-5-6-13-14(9-12)21-11-20-13/h5-6,9,17H,4,7-8,10-11H2,1-3H3,(H,18,19). The van der Waals surface area contributed by atoms with E-state index in [0.29, 0.717) is 13.3 Å². The molecule has 1 aliphatic rings. The Balaban J connectivity index is 1.57. The number of rotatable bonds is 6. The Labute approximate surface area is 131 Å². The Morgan fingerprint density at radius 3 is 2.77 bits per heavy atom. The van der Waals surface area contributed by atoms with Crippen LogP contribution in [0.3, 0.4) is 0 Å². The molecule has 1 aromatic carbocycles. The van der Waals surface area contributed by atoms with Crippen LogP contribution in [0, 0.1) is 0 Å². The van der Waals surface area contributed by atoms with E-state index in [1.165, 1.54) is 0 Å². The third-order valence-electron chi connectivity index (χ3n) is 2.96. The van der Waals surface area contributed by atoms with Crippen LogP contribution in [0.1, 0.15) is 32.8 Å². The van der Waals surface area contributed by atoms with Crippen molar-refractivity contribution >= 4 is 6.09 Å². The average Bonchev–Trinajstić information content (AvgIpc) is 2.88. The van der Waals surface area contributed by atoms with E-state index < -0.39 is 5.60 Å². The Morgan fingerprint density at radius 1 is 1.23 bits per heavy atom. The van der Waals surface area contributed by atoms with E-state index in [2.05, 4.69) is 10.6 Å². The summed E-state index contributed by atoms with van der Waals surface area (Å²) < 4.78 is 15.8. The lowest BCUT2D eigenvalue weighted by molar-refractivity contribution is 0.0527. The van der Waals surface area contributed by atoms with E-state index in [-0.39, 0.29) is 6.09 Å². The number of carbonyl (C=O) groups excluding carboxylic acids is 1. The number of nitrogens with one attached hydrogen (secondary N) is 2. The molecule has 0 bridgehead atoms. The second-order valence-electron chi connectivity index (χ2n) is 6.15. The van der Waals surface area contributed by atoms with Gasteiger partial charge in [-0.2, -0.15) is 0 Å². The fraction of sp³-hybridized carbons (Fsp3) is 0.562. The van der Waals surface area contributed by atoms with E-state index in [0.717, 1.165) is 36.6 Å². The summed E-state index contributed by atoms with van der Waals surface area (Å²) in [6.45, 7) is 7.98. The third kappa shape index (κ3) is 5.44. The summed E-state index contributed by atoms with van der Waals surface area (Å²) in [6, 6.07) is 5.91. The lowest BCUT2D eigenvalue weighted by atomic mass is 10.2. The molecule has 0 unspecified atom stereocenters. The Bertz CT molecular complexity index is 511. The molecule has 0 aromatic heterocycles. The fourth-order valence-electron chi connectivity index (χ4n) is 2.00. The number of benzene rings is 1. The third-order valence-corrected chi connectivity index (χ3v) is 2.96. The molecule has 2 rings (SSSR count). The SMILES string of the molecule is CC(C)(C)OC(=O)NCCCNCc1ccc2c(c1)OCO2. The van der Waals surface area contributed by atoms with Gasteiger partial charge in [-0.25, -0.2) is 4.79 Å². The second-order valence-corrected chi connectivity index (χ2v) is 6.15. The van der Waals surface area contributed by atoms with E-state index in [9.17, 15) is 4.79 Å². The lowest BCUT2D eigenvalue weighted by Crippen LogP contribution is -2.33. The molecule has 122 valence electrons. The number of hydrogen-bond acceptors (Lipinski definition) is 5. The smallest absolute Gasteiger partial charge is 0.407 e. The molecule has 1 heterocycles. The molecule has 0 aliphatic carbocycles. The van der Waals surface area contributed by atoms with E-state index in [1.54, 1.807) is 0 Å². The maximum atomic E-state index is 11.4. The second kappa shape index (κ2) is 7.35. The average molecular weight is 308 g/mol. The van der Waals surface area contributed by atoms with E-state index in [1.807, 2.05) is 39.0 Å². The van der Waals surface area contributed by atoms with Crippen molar-refractivity contribution in [2.45, 2.75) is 39.3 Å². The molecule has 0 radical (unpaired) electrons. The number of fused-ring (bicyclic) bond motifs is 1. The summed E-state index contributed by atoms with van der Waals surface area (Å²) in [5.41, 5.74) is 0.686. The first-order chi connectivity index (χ1) is 10.4. The van der Waals surface area contributed by atoms with Gasteiger partial charge in [-0.05, 0) is 51.4 Å². The Hall–Kier alpha value is -1.95. The minimum Gasteiger partial charge on any atom is -0.454 e. The highest BCUT2D eigenvalue weighted by Crippen LogP contribution is 2.32. The van der Waals surface area contributed by atoms with Crippen LogP contribution in [0.4, 0.5) is 4.79 Å². The molecule has 1 aliphatic heterocycles. The van der Waals surface area contributed by atoms with Crippen LogP contribution in [0.15, 0.2) is 18.2 Å². The first kappa shape index (κ1) is 16.4. The van der Waals surface area contributed by atoms with Crippen LogP contribution >= 0.6 is 0 Å². The van der Waals surface area contributed by atoms with Crippen molar-refractivity contribution in [2.24, 2.45) is 0 Å². The molecule has 0 fully saturated rings. The Morgan fingerprint density at radius 2 is 2.00 bits per heavy atom. The van der Waals surface area contributed by atoms with E-state index in [4.69, 9.17) is 14.2 Å². The largest absolute Gasteiger partial charge is 0.454 e. The van der Waals surface area contributed by atoms with Crippen molar-refractivity contribution in [3.63, 3.8) is 0 Å². The van der Waals surface area contributed by atoms with Gasteiger partial charge in [0.25, 0.3) is 0 Å². The van der Waals surface area contributed by atoms with Gasteiger partial charge in [0.1, 0.15) is 5.60 Å². The van der Waals surface area contributed by atoms with Crippen molar-refractivity contribution in [2.75, 3.05) is 19.9 Å². The predicted octanol–water partition coefficient (Wildman–Crippen LogP) is 2.42. The molecule has 2 N–H and O–H groups in total. The quantitative estimate of drug-likeness (QED) is 0.790. The van der Waals surface area contributed by atoms with E-state index >= 15 is 0 Å². The number of ether oxygens (including phenoxy) is 3.